The lowest BCUT2D eigenvalue weighted by molar-refractivity contribution is 0.0716. The van der Waals surface area contributed by atoms with Crippen molar-refractivity contribution in [3.63, 3.8) is 0 Å². The van der Waals surface area contributed by atoms with Crippen molar-refractivity contribution in [1.82, 2.24) is 0 Å². The Kier molecular flexibility index (Phi) is 5.39. The minimum absolute atomic E-state index is 0.00198. The summed E-state index contributed by atoms with van der Waals surface area (Å²) in [5, 5.41) is 1.96. The third-order valence-corrected chi connectivity index (χ3v) is 4.04. The van der Waals surface area contributed by atoms with Gasteiger partial charge >= 0.3 is 0 Å². The Balaban J connectivity index is 2.52. The van der Waals surface area contributed by atoms with Crippen LogP contribution in [0.25, 0.3) is 10.8 Å². The van der Waals surface area contributed by atoms with Crippen molar-refractivity contribution in [2.45, 2.75) is 18.6 Å². The maximum Gasteiger partial charge on any atom is 0.192 e. The summed E-state index contributed by atoms with van der Waals surface area (Å²) >= 11 is 4.23. The minimum Gasteiger partial charge on any atom is -0.373 e. The minimum atomic E-state index is -0.695. The molecule has 2 atom stereocenters. The van der Waals surface area contributed by atoms with Gasteiger partial charge in [0.2, 0.25) is 0 Å². The number of fused-ring (bicyclic) bond motifs is 1. The molecule has 0 aromatic heterocycles. The molecule has 0 saturated carbocycles. The first kappa shape index (κ1) is 16.0. The van der Waals surface area contributed by atoms with Crippen LogP contribution in [0.4, 0.5) is 0 Å². The first-order valence-corrected chi connectivity index (χ1v) is 7.49. The van der Waals surface area contributed by atoms with Gasteiger partial charge in [0.25, 0.3) is 0 Å². The van der Waals surface area contributed by atoms with E-state index in [1.54, 1.807) is 0 Å². The molecule has 2 aromatic carbocycles. The zero-order chi connectivity index (χ0) is 15.4. The third-order valence-electron chi connectivity index (χ3n) is 3.57. The molecule has 4 heteroatoms. The van der Waals surface area contributed by atoms with Crippen molar-refractivity contribution in [3.8, 4) is 0 Å². The van der Waals surface area contributed by atoms with Crippen molar-refractivity contribution in [2.75, 3.05) is 12.9 Å². The molecule has 0 fully saturated rings. The summed E-state index contributed by atoms with van der Waals surface area (Å²) in [5.41, 5.74) is 7.75. The first-order chi connectivity index (χ1) is 10.1. The van der Waals surface area contributed by atoms with E-state index < -0.39 is 6.10 Å². The van der Waals surface area contributed by atoms with Gasteiger partial charge in [-0.05, 0) is 29.7 Å². The van der Waals surface area contributed by atoms with Crippen LogP contribution in [0.3, 0.4) is 0 Å². The van der Waals surface area contributed by atoms with Crippen LogP contribution in [0.1, 0.15) is 15.9 Å². The molecular formula is C17H20NO2S. The first-order valence-electron chi connectivity index (χ1n) is 6.85. The summed E-state index contributed by atoms with van der Waals surface area (Å²) in [7, 11) is 1.48. The van der Waals surface area contributed by atoms with E-state index in [0.717, 1.165) is 22.8 Å². The van der Waals surface area contributed by atoms with Crippen LogP contribution in [0.5, 0.6) is 0 Å². The molecule has 3 nitrogen and oxygen atoms in total. The summed E-state index contributed by atoms with van der Waals surface area (Å²) in [6, 6.07) is 11.6. The molecule has 0 aliphatic carbocycles. The Hall–Kier alpha value is -1.36. The zero-order valence-electron chi connectivity index (χ0n) is 12.1. The van der Waals surface area contributed by atoms with Crippen LogP contribution in [0, 0.1) is 6.92 Å². The number of benzene rings is 2. The Morgan fingerprint density at radius 2 is 1.95 bits per heavy atom. The number of ether oxygens (including phenoxy) is 1. The molecule has 0 aliphatic rings. The number of rotatable bonds is 6. The summed E-state index contributed by atoms with van der Waals surface area (Å²) in [6.45, 7) is 3.72. The molecule has 0 spiro atoms. The fraction of sp³-hybridized carbons (Fsp3) is 0.294. The highest BCUT2D eigenvalue weighted by molar-refractivity contribution is 7.80. The van der Waals surface area contributed by atoms with Crippen LogP contribution >= 0.6 is 12.6 Å². The average molecular weight is 302 g/mol. The van der Waals surface area contributed by atoms with E-state index in [1.807, 2.05) is 36.4 Å². The van der Waals surface area contributed by atoms with Gasteiger partial charge in [-0.1, -0.05) is 36.4 Å². The Bertz CT molecular complexity index is 642. The van der Waals surface area contributed by atoms with Gasteiger partial charge in [0, 0.05) is 24.5 Å². The number of hydrogen-bond acceptors (Lipinski definition) is 4. The van der Waals surface area contributed by atoms with Crippen molar-refractivity contribution in [1.29, 1.82) is 0 Å². The Morgan fingerprint density at radius 3 is 2.57 bits per heavy atom. The molecule has 0 heterocycles. The van der Waals surface area contributed by atoms with Crippen LogP contribution in [0.2, 0.25) is 0 Å². The second-order valence-electron chi connectivity index (χ2n) is 5.05. The predicted molar refractivity (Wildman–Crippen MR) is 90.0 cm³/mol. The third kappa shape index (κ3) is 3.46. The van der Waals surface area contributed by atoms with E-state index in [2.05, 4.69) is 19.6 Å². The van der Waals surface area contributed by atoms with E-state index in [9.17, 15) is 4.79 Å². The molecule has 111 valence electrons. The largest absolute Gasteiger partial charge is 0.373 e. The molecule has 2 aromatic rings. The molecule has 2 rings (SSSR count). The van der Waals surface area contributed by atoms with E-state index >= 15 is 0 Å². The second kappa shape index (κ2) is 7.07. The van der Waals surface area contributed by atoms with E-state index in [-0.39, 0.29) is 11.8 Å². The van der Waals surface area contributed by atoms with Crippen molar-refractivity contribution >= 4 is 29.2 Å². The lowest BCUT2D eigenvalue weighted by atomic mass is 9.93. The number of nitrogens with two attached hydrogens (primary N) is 1. The number of ketones is 1. The standard InChI is InChI=1S/C17H20NO2S/c1-11(20-2)17(19)16-8-7-12(9-13(18)10-21)14-5-3-4-6-15(14)16/h3-8,11,13,21H,1,9-10,18H2,2H3/t11-,13+/m0/s1. The molecule has 0 unspecified atom stereocenters. The topological polar surface area (TPSA) is 52.3 Å². The summed E-state index contributed by atoms with van der Waals surface area (Å²) in [4.78, 5) is 12.4. The fourth-order valence-corrected chi connectivity index (χ4v) is 2.51. The fourth-order valence-electron chi connectivity index (χ4n) is 2.38. The second-order valence-corrected chi connectivity index (χ2v) is 5.42. The predicted octanol–water partition coefficient (Wildman–Crippen LogP) is 2.67. The SMILES string of the molecule is [CH2][C@H](OC)C(=O)c1ccc(C[C@@H](N)CS)c2ccccc12. The van der Waals surface area contributed by atoms with Gasteiger partial charge in [0.05, 0.1) is 0 Å². The van der Waals surface area contributed by atoms with Gasteiger partial charge in [-0.3, -0.25) is 4.79 Å². The molecule has 0 saturated heterocycles. The van der Waals surface area contributed by atoms with Crippen LogP contribution in [0.15, 0.2) is 36.4 Å². The molecule has 0 amide bonds. The number of carbonyl (C=O) groups excluding carboxylic acids is 1. The van der Waals surface area contributed by atoms with Crippen molar-refractivity contribution in [3.05, 3.63) is 54.4 Å². The number of thiol groups is 1. The van der Waals surface area contributed by atoms with E-state index in [1.165, 1.54) is 7.11 Å². The lowest BCUT2D eigenvalue weighted by Gasteiger charge is -2.15. The van der Waals surface area contributed by atoms with E-state index in [0.29, 0.717) is 11.3 Å². The molecule has 1 radical (unpaired) electrons. The summed E-state index contributed by atoms with van der Waals surface area (Å²) in [5.74, 6) is 0.512. The van der Waals surface area contributed by atoms with Gasteiger partial charge in [-0.25, -0.2) is 0 Å². The van der Waals surface area contributed by atoms with Crippen LogP contribution in [-0.2, 0) is 11.2 Å². The number of methoxy groups -OCH3 is 1. The number of Topliss-reactive ketones (excluding diaryl/α,β-unsaturated/α-hetero) is 1. The van der Waals surface area contributed by atoms with Gasteiger partial charge in [0.15, 0.2) is 5.78 Å². The molecule has 0 bridgehead atoms. The number of hydrogen-bond donors (Lipinski definition) is 2. The maximum atomic E-state index is 12.4. The number of carbonyl (C=O) groups is 1. The quantitative estimate of drug-likeness (QED) is 0.637. The zero-order valence-corrected chi connectivity index (χ0v) is 13.0. The highest BCUT2D eigenvalue weighted by Gasteiger charge is 2.18. The van der Waals surface area contributed by atoms with Gasteiger partial charge in [-0.15, -0.1) is 0 Å². The molecule has 21 heavy (non-hydrogen) atoms. The molecular weight excluding hydrogens is 282 g/mol. The van der Waals surface area contributed by atoms with Gasteiger partial charge < -0.3 is 10.5 Å². The van der Waals surface area contributed by atoms with Gasteiger partial charge in [0.1, 0.15) is 6.10 Å². The lowest BCUT2D eigenvalue weighted by Crippen LogP contribution is -2.25. The maximum absolute atomic E-state index is 12.4. The van der Waals surface area contributed by atoms with Crippen LogP contribution in [-0.4, -0.2) is 30.8 Å². The van der Waals surface area contributed by atoms with Crippen LogP contribution < -0.4 is 5.73 Å². The molecule has 0 aliphatic heterocycles. The molecule has 2 N–H and O–H groups in total. The average Bonchev–Trinajstić information content (AvgIpc) is 2.53. The Labute approximate surface area is 130 Å². The van der Waals surface area contributed by atoms with Crippen molar-refractivity contribution < 1.29 is 9.53 Å². The highest BCUT2D eigenvalue weighted by atomic mass is 32.1. The summed E-state index contributed by atoms with van der Waals surface area (Å²) < 4.78 is 5.04. The monoisotopic (exact) mass is 302 g/mol. The van der Waals surface area contributed by atoms with Crippen molar-refractivity contribution in [2.24, 2.45) is 5.73 Å². The normalized spacial score (nSPS) is 14.1. The summed E-state index contributed by atoms with van der Waals surface area (Å²) in [6.07, 6.45) is 0.0373. The Morgan fingerprint density at radius 1 is 1.29 bits per heavy atom. The highest BCUT2D eigenvalue weighted by Crippen LogP contribution is 2.25. The smallest absolute Gasteiger partial charge is 0.192 e. The van der Waals surface area contributed by atoms with E-state index in [4.69, 9.17) is 10.5 Å². The van der Waals surface area contributed by atoms with Gasteiger partial charge in [-0.2, -0.15) is 12.6 Å².